The monoisotopic (exact) mass is 666 g/mol. The highest BCUT2D eigenvalue weighted by Crippen LogP contribution is 2.51. The summed E-state index contributed by atoms with van der Waals surface area (Å²) in [5.74, 6) is -0.298. The second-order valence-corrected chi connectivity index (χ2v) is 24.1. The molecule has 1 aromatic carbocycles. The first kappa shape index (κ1) is 39.6. The summed E-state index contributed by atoms with van der Waals surface area (Å²) >= 11 is 0. The van der Waals surface area contributed by atoms with Crippen LogP contribution in [0.4, 0.5) is 0 Å². The molecule has 258 valence electrons. The first-order valence-corrected chi connectivity index (χ1v) is 22.2. The molecule has 1 fully saturated rings. The molecule has 8 nitrogen and oxygen atoms in total. The number of rotatable bonds is 20. The lowest BCUT2D eigenvalue weighted by Crippen LogP contribution is -2.57. The third-order valence-corrected chi connectivity index (χ3v) is 19.4. The number of esters is 1. The van der Waals surface area contributed by atoms with E-state index in [1.807, 2.05) is 31.2 Å². The maximum Gasteiger partial charge on any atom is 0.302 e. The van der Waals surface area contributed by atoms with Crippen LogP contribution in [0.5, 0.6) is 5.75 Å². The predicted octanol–water partition coefficient (Wildman–Crippen LogP) is 7.80. The largest absolute Gasteiger partial charge is 0.497 e. The third kappa shape index (κ3) is 10.2. The summed E-state index contributed by atoms with van der Waals surface area (Å²) in [7, 11) is -2.88. The standard InChI is InChI=1S/C35H62O8Si2/c1-14-45(15-2,16-3)42-31(25(4)21-36)30(24-40-27(6)37)33(43-44(12,13)34(7,8)9)35(10)32(41-35)26(5)22-39-23-28-17-19-29(38-11)20-18-28/h17-21,25-26,30-33H,14-16,22-24H2,1-13H3/t25-,26-,30-,31+,32+,33-,35-/m0/s1. The normalized spacial score (nSPS) is 22.2. The van der Waals surface area contributed by atoms with Gasteiger partial charge in [0.25, 0.3) is 0 Å². The molecule has 0 saturated carbocycles. The van der Waals surface area contributed by atoms with Gasteiger partial charge in [0.05, 0.1) is 45.2 Å². The van der Waals surface area contributed by atoms with Crippen LogP contribution in [0.25, 0.3) is 0 Å². The molecule has 10 heteroatoms. The molecule has 1 aliphatic heterocycles. The Hall–Kier alpha value is -1.57. The summed E-state index contributed by atoms with van der Waals surface area (Å²) < 4.78 is 38.2. The van der Waals surface area contributed by atoms with Gasteiger partial charge in [0.2, 0.25) is 0 Å². The van der Waals surface area contributed by atoms with Gasteiger partial charge in [0.1, 0.15) is 17.6 Å². The van der Waals surface area contributed by atoms with Crippen LogP contribution in [-0.4, -0.2) is 73.1 Å². The molecule has 1 heterocycles. The number of benzene rings is 1. The molecule has 0 N–H and O–H groups in total. The summed E-state index contributed by atoms with van der Waals surface area (Å²) in [5.41, 5.74) is 0.392. The van der Waals surface area contributed by atoms with E-state index >= 15 is 0 Å². The van der Waals surface area contributed by atoms with Crippen molar-refractivity contribution in [2.24, 2.45) is 17.8 Å². The van der Waals surface area contributed by atoms with Gasteiger partial charge in [-0.1, -0.05) is 67.5 Å². The molecule has 0 unspecified atom stereocenters. The van der Waals surface area contributed by atoms with E-state index in [-0.39, 0.29) is 29.6 Å². The SMILES string of the molecule is CC[Si](CC)(CC)O[C@@H]([C@H](COC(C)=O)[C@H](O[Si](C)(C)C(C)(C)C)[C@@]1(C)O[C@@H]1[C@@H](C)COCc1ccc(OC)cc1)[C@@H](C)C=O. The van der Waals surface area contributed by atoms with Crippen molar-refractivity contribution in [2.45, 2.75) is 136 Å². The highest BCUT2D eigenvalue weighted by Gasteiger charge is 2.64. The number of carbonyl (C=O) groups excluding carboxylic acids is 2. The number of hydrogen-bond acceptors (Lipinski definition) is 8. The fourth-order valence-electron chi connectivity index (χ4n) is 5.96. The van der Waals surface area contributed by atoms with Gasteiger partial charge in [-0.15, -0.1) is 0 Å². The van der Waals surface area contributed by atoms with Crippen LogP contribution in [0.1, 0.15) is 74.8 Å². The number of epoxide rings is 1. The van der Waals surface area contributed by atoms with Gasteiger partial charge in [-0.3, -0.25) is 4.79 Å². The molecule has 0 aromatic heterocycles. The van der Waals surface area contributed by atoms with Gasteiger partial charge >= 0.3 is 5.97 Å². The van der Waals surface area contributed by atoms with E-state index in [0.717, 1.165) is 35.7 Å². The first-order chi connectivity index (χ1) is 20.9. The minimum absolute atomic E-state index is 0.0754. The minimum Gasteiger partial charge on any atom is -0.497 e. The van der Waals surface area contributed by atoms with E-state index in [1.54, 1.807) is 7.11 Å². The van der Waals surface area contributed by atoms with Gasteiger partial charge in [-0.05, 0) is 60.9 Å². The highest BCUT2D eigenvalue weighted by atomic mass is 28.4. The Labute approximate surface area is 275 Å². The molecule has 1 saturated heterocycles. The number of hydrogen-bond donors (Lipinski definition) is 0. The quantitative estimate of drug-likeness (QED) is 0.0603. The van der Waals surface area contributed by atoms with Crippen molar-refractivity contribution in [1.82, 2.24) is 0 Å². The van der Waals surface area contributed by atoms with Crippen molar-refractivity contribution in [3.8, 4) is 5.75 Å². The molecule has 1 aliphatic rings. The Morgan fingerprint density at radius 3 is 2.07 bits per heavy atom. The lowest BCUT2D eigenvalue weighted by atomic mass is 9.80. The number of aldehydes is 1. The average Bonchev–Trinajstić information content (AvgIpc) is 3.70. The van der Waals surface area contributed by atoms with E-state index in [2.05, 4.69) is 68.5 Å². The van der Waals surface area contributed by atoms with Crippen LogP contribution in [-0.2, 0) is 39.3 Å². The van der Waals surface area contributed by atoms with Gasteiger partial charge in [-0.2, -0.15) is 0 Å². The van der Waals surface area contributed by atoms with Crippen LogP contribution in [0.3, 0.4) is 0 Å². The molecule has 45 heavy (non-hydrogen) atoms. The topological polar surface area (TPSA) is 92.8 Å². The third-order valence-electron chi connectivity index (χ3n) is 10.3. The Morgan fingerprint density at radius 2 is 1.60 bits per heavy atom. The summed E-state index contributed by atoms with van der Waals surface area (Å²) in [5, 5.41) is -0.0769. The van der Waals surface area contributed by atoms with E-state index in [4.69, 9.17) is 27.8 Å². The summed E-state index contributed by atoms with van der Waals surface area (Å²) in [6.45, 7) is 26.3. The van der Waals surface area contributed by atoms with Crippen LogP contribution in [0.15, 0.2) is 24.3 Å². The Kier molecular flexibility index (Phi) is 14.5. The van der Waals surface area contributed by atoms with Crippen molar-refractivity contribution >= 4 is 28.9 Å². The fraction of sp³-hybridized carbons (Fsp3) is 0.771. The maximum atomic E-state index is 12.5. The fourth-order valence-corrected chi connectivity index (χ4v) is 10.3. The van der Waals surface area contributed by atoms with Crippen molar-refractivity contribution < 1.29 is 37.4 Å². The van der Waals surface area contributed by atoms with E-state index in [1.165, 1.54) is 6.92 Å². The molecule has 0 amide bonds. The Morgan fingerprint density at radius 1 is 1.02 bits per heavy atom. The van der Waals surface area contributed by atoms with Crippen molar-refractivity contribution in [2.75, 3.05) is 20.3 Å². The van der Waals surface area contributed by atoms with E-state index in [0.29, 0.717) is 13.2 Å². The Balaban J connectivity index is 2.48. The molecule has 2 rings (SSSR count). The molecule has 7 atom stereocenters. The Bertz CT molecular complexity index is 1060. The van der Waals surface area contributed by atoms with Gasteiger partial charge in [0, 0.05) is 24.7 Å². The summed E-state index contributed by atoms with van der Waals surface area (Å²) in [6, 6.07) is 10.7. The molecular formula is C35H62O8Si2. The van der Waals surface area contributed by atoms with Gasteiger partial charge in [0.15, 0.2) is 16.6 Å². The van der Waals surface area contributed by atoms with Crippen LogP contribution >= 0.6 is 0 Å². The predicted molar refractivity (Wildman–Crippen MR) is 185 cm³/mol. The molecule has 0 aliphatic carbocycles. The zero-order valence-corrected chi connectivity index (χ0v) is 32.4. The van der Waals surface area contributed by atoms with Gasteiger partial charge in [-0.25, -0.2) is 0 Å². The number of methoxy groups -OCH3 is 1. The van der Waals surface area contributed by atoms with Crippen molar-refractivity contribution in [1.29, 1.82) is 0 Å². The zero-order valence-electron chi connectivity index (χ0n) is 30.4. The van der Waals surface area contributed by atoms with Crippen LogP contribution < -0.4 is 4.74 Å². The highest BCUT2D eigenvalue weighted by molar-refractivity contribution is 6.74. The van der Waals surface area contributed by atoms with E-state index < -0.39 is 46.3 Å². The first-order valence-electron chi connectivity index (χ1n) is 16.8. The second-order valence-electron chi connectivity index (χ2n) is 14.6. The zero-order chi connectivity index (χ0) is 34.2. The number of ether oxygens (including phenoxy) is 4. The minimum atomic E-state index is -2.37. The molecule has 0 radical (unpaired) electrons. The molecule has 0 bridgehead atoms. The lowest BCUT2D eigenvalue weighted by molar-refractivity contribution is -0.147. The van der Waals surface area contributed by atoms with Gasteiger partial charge < -0.3 is 32.6 Å². The summed E-state index contributed by atoms with van der Waals surface area (Å²) in [4.78, 5) is 24.7. The molecule has 0 spiro atoms. The van der Waals surface area contributed by atoms with Crippen LogP contribution in [0, 0.1) is 17.8 Å². The lowest BCUT2D eigenvalue weighted by Gasteiger charge is -2.46. The van der Waals surface area contributed by atoms with Crippen molar-refractivity contribution in [3.05, 3.63) is 29.8 Å². The number of carbonyl (C=O) groups is 2. The van der Waals surface area contributed by atoms with E-state index in [9.17, 15) is 9.59 Å². The molecular weight excluding hydrogens is 605 g/mol. The average molecular weight is 667 g/mol. The second kappa shape index (κ2) is 16.5. The molecule has 1 aromatic rings. The van der Waals surface area contributed by atoms with Crippen LogP contribution in [0.2, 0.25) is 36.3 Å². The smallest absolute Gasteiger partial charge is 0.302 e. The summed E-state index contributed by atoms with van der Waals surface area (Å²) in [6.07, 6.45) is -0.110. The maximum absolute atomic E-state index is 12.5. The van der Waals surface area contributed by atoms with Crippen molar-refractivity contribution in [3.63, 3.8) is 0 Å².